The largest absolute Gasteiger partial charge is 0.506 e. The Kier molecular flexibility index (Phi) is 4.37. The van der Waals surface area contributed by atoms with Crippen LogP contribution in [-0.2, 0) is 10.2 Å². The SMILES string of the molecule is CCOC(=O)c1csc(-c2ccc(C(C)(C)C)cc2)c1O. The van der Waals surface area contributed by atoms with Gasteiger partial charge < -0.3 is 9.84 Å². The summed E-state index contributed by atoms with van der Waals surface area (Å²) in [7, 11) is 0. The first-order valence-corrected chi connectivity index (χ1v) is 7.81. The van der Waals surface area contributed by atoms with Gasteiger partial charge in [-0.1, -0.05) is 45.0 Å². The Morgan fingerprint density at radius 2 is 1.86 bits per heavy atom. The third kappa shape index (κ3) is 3.27. The first-order chi connectivity index (χ1) is 9.84. The van der Waals surface area contributed by atoms with Crippen LogP contribution in [0, 0.1) is 0 Å². The molecular formula is C17H20O3S. The second kappa shape index (κ2) is 5.90. The molecule has 1 aromatic heterocycles. The van der Waals surface area contributed by atoms with Gasteiger partial charge in [-0.05, 0) is 23.5 Å². The van der Waals surface area contributed by atoms with Gasteiger partial charge in [-0.2, -0.15) is 0 Å². The van der Waals surface area contributed by atoms with Crippen molar-refractivity contribution in [2.24, 2.45) is 0 Å². The second-order valence-electron chi connectivity index (χ2n) is 5.87. The van der Waals surface area contributed by atoms with Gasteiger partial charge in [-0.3, -0.25) is 0 Å². The van der Waals surface area contributed by atoms with Crippen LogP contribution >= 0.6 is 11.3 Å². The molecule has 0 radical (unpaired) electrons. The highest BCUT2D eigenvalue weighted by atomic mass is 32.1. The van der Waals surface area contributed by atoms with Crippen LogP contribution < -0.4 is 0 Å². The Morgan fingerprint density at radius 1 is 1.24 bits per heavy atom. The van der Waals surface area contributed by atoms with Crippen molar-refractivity contribution in [1.82, 2.24) is 0 Å². The lowest BCUT2D eigenvalue weighted by Gasteiger charge is -2.19. The van der Waals surface area contributed by atoms with Crippen LogP contribution in [-0.4, -0.2) is 17.7 Å². The summed E-state index contributed by atoms with van der Waals surface area (Å²) in [5, 5.41) is 11.9. The molecule has 21 heavy (non-hydrogen) atoms. The lowest BCUT2D eigenvalue weighted by Crippen LogP contribution is -2.10. The van der Waals surface area contributed by atoms with Crippen molar-refractivity contribution < 1.29 is 14.6 Å². The molecule has 1 N–H and O–H groups in total. The standard InChI is InChI=1S/C17H20O3S/c1-5-20-16(19)13-10-21-15(14(13)18)11-6-8-12(9-7-11)17(2,3)4/h6-10,18H,5H2,1-4H3. The highest BCUT2D eigenvalue weighted by molar-refractivity contribution is 7.14. The minimum absolute atomic E-state index is 0.00181. The van der Waals surface area contributed by atoms with Gasteiger partial charge >= 0.3 is 5.97 Å². The molecule has 0 saturated carbocycles. The summed E-state index contributed by atoms with van der Waals surface area (Å²) in [5.74, 6) is -0.481. The number of benzene rings is 1. The van der Waals surface area contributed by atoms with Crippen molar-refractivity contribution in [2.75, 3.05) is 6.61 Å². The third-order valence-electron chi connectivity index (χ3n) is 3.27. The van der Waals surface area contributed by atoms with Crippen LogP contribution in [0.15, 0.2) is 29.6 Å². The molecule has 2 rings (SSSR count). The van der Waals surface area contributed by atoms with Crippen LogP contribution in [0.25, 0.3) is 10.4 Å². The molecular weight excluding hydrogens is 284 g/mol. The Morgan fingerprint density at radius 3 is 2.38 bits per heavy atom. The van der Waals surface area contributed by atoms with E-state index in [9.17, 15) is 9.90 Å². The number of carbonyl (C=O) groups excluding carboxylic acids is 1. The molecule has 2 aromatic rings. The van der Waals surface area contributed by atoms with E-state index in [1.54, 1.807) is 12.3 Å². The number of thiophene rings is 1. The molecule has 0 fully saturated rings. The number of carbonyl (C=O) groups is 1. The van der Waals surface area contributed by atoms with E-state index in [4.69, 9.17) is 4.74 Å². The third-order valence-corrected chi connectivity index (χ3v) is 4.29. The van der Waals surface area contributed by atoms with Crippen LogP contribution in [0.5, 0.6) is 5.75 Å². The van der Waals surface area contributed by atoms with Gasteiger partial charge in [-0.15, -0.1) is 11.3 Å². The van der Waals surface area contributed by atoms with Gasteiger partial charge in [-0.25, -0.2) is 4.79 Å². The summed E-state index contributed by atoms with van der Waals surface area (Å²) in [5.41, 5.74) is 2.46. The van der Waals surface area contributed by atoms with E-state index in [-0.39, 0.29) is 16.7 Å². The molecule has 0 unspecified atom stereocenters. The van der Waals surface area contributed by atoms with Crippen molar-refractivity contribution in [3.63, 3.8) is 0 Å². The number of hydrogen-bond donors (Lipinski definition) is 1. The normalized spacial score (nSPS) is 11.4. The van der Waals surface area contributed by atoms with Crippen molar-refractivity contribution in [1.29, 1.82) is 0 Å². The highest BCUT2D eigenvalue weighted by Crippen LogP contribution is 2.39. The van der Waals surface area contributed by atoms with Gasteiger partial charge in [0.2, 0.25) is 0 Å². The summed E-state index contributed by atoms with van der Waals surface area (Å²) in [4.78, 5) is 12.4. The molecule has 0 amide bonds. The maximum Gasteiger partial charge on any atom is 0.342 e. The molecule has 112 valence electrons. The van der Waals surface area contributed by atoms with Crippen molar-refractivity contribution >= 4 is 17.3 Å². The van der Waals surface area contributed by atoms with Crippen molar-refractivity contribution in [3.05, 3.63) is 40.8 Å². The summed E-state index contributed by atoms with van der Waals surface area (Å²) < 4.78 is 4.93. The minimum Gasteiger partial charge on any atom is -0.506 e. The number of hydrogen-bond acceptors (Lipinski definition) is 4. The lowest BCUT2D eigenvalue weighted by atomic mass is 9.86. The molecule has 0 aliphatic heterocycles. The van der Waals surface area contributed by atoms with Gasteiger partial charge in [0.1, 0.15) is 11.3 Å². The molecule has 3 nitrogen and oxygen atoms in total. The van der Waals surface area contributed by atoms with Gasteiger partial charge in [0.05, 0.1) is 11.5 Å². The molecule has 0 saturated heterocycles. The fourth-order valence-electron chi connectivity index (χ4n) is 2.03. The van der Waals surface area contributed by atoms with E-state index in [0.29, 0.717) is 11.5 Å². The summed E-state index contributed by atoms with van der Waals surface area (Å²) in [6.07, 6.45) is 0. The highest BCUT2D eigenvalue weighted by Gasteiger charge is 2.20. The minimum atomic E-state index is -0.483. The van der Waals surface area contributed by atoms with E-state index < -0.39 is 5.97 Å². The van der Waals surface area contributed by atoms with Gasteiger partial charge in [0.25, 0.3) is 0 Å². The summed E-state index contributed by atoms with van der Waals surface area (Å²) in [6, 6.07) is 8.05. The summed E-state index contributed by atoms with van der Waals surface area (Å²) in [6.45, 7) is 8.51. The molecule has 0 spiro atoms. The smallest absolute Gasteiger partial charge is 0.342 e. The van der Waals surface area contributed by atoms with Crippen LogP contribution in [0.1, 0.15) is 43.6 Å². The lowest BCUT2D eigenvalue weighted by molar-refractivity contribution is 0.0524. The maximum absolute atomic E-state index is 11.7. The van der Waals surface area contributed by atoms with Crippen molar-refractivity contribution in [2.45, 2.75) is 33.1 Å². The molecule has 1 heterocycles. The van der Waals surface area contributed by atoms with Crippen molar-refractivity contribution in [3.8, 4) is 16.2 Å². The Bertz CT molecular complexity index is 633. The molecule has 0 aliphatic carbocycles. The molecule has 4 heteroatoms. The Balaban J connectivity index is 2.33. The zero-order chi connectivity index (χ0) is 15.6. The van der Waals surface area contributed by atoms with E-state index in [0.717, 1.165) is 5.56 Å². The van der Waals surface area contributed by atoms with E-state index in [2.05, 4.69) is 32.9 Å². The predicted molar refractivity (Wildman–Crippen MR) is 86.1 cm³/mol. The average molecular weight is 304 g/mol. The monoisotopic (exact) mass is 304 g/mol. The first-order valence-electron chi connectivity index (χ1n) is 6.93. The number of aromatic hydroxyl groups is 1. The quantitative estimate of drug-likeness (QED) is 0.843. The Labute approximate surface area is 129 Å². The maximum atomic E-state index is 11.7. The number of rotatable bonds is 3. The number of ether oxygens (including phenoxy) is 1. The number of esters is 1. The zero-order valence-corrected chi connectivity index (χ0v) is 13.6. The summed E-state index contributed by atoms with van der Waals surface area (Å²) >= 11 is 1.35. The van der Waals surface area contributed by atoms with Crippen LogP contribution in [0.4, 0.5) is 0 Å². The zero-order valence-electron chi connectivity index (χ0n) is 12.8. The van der Waals surface area contributed by atoms with Crippen LogP contribution in [0.3, 0.4) is 0 Å². The van der Waals surface area contributed by atoms with Gasteiger partial charge in [0.15, 0.2) is 0 Å². The Hall–Kier alpha value is -1.81. The second-order valence-corrected chi connectivity index (χ2v) is 6.75. The predicted octanol–water partition coefficient (Wildman–Crippen LogP) is 4.59. The topological polar surface area (TPSA) is 46.5 Å². The molecule has 0 atom stereocenters. The first kappa shape index (κ1) is 15.6. The van der Waals surface area contributed by atoms with E-state index in [1.807, 2.05) is 12.1 Å². The van der Waals surface area contributed by atoms with Crippen LogP contribution in [0.2, 0.25) is 0 Å². The molecule has 1 aromatic carbocycles. The fourth-order valence-corrected chi connectivity index (χ4v) is 2.97. The van der Waals surface area contributed by atoms with Gasteiger partial charge in [0, 0.05) is 5.38 Å². The fraction of sp³-hybridized carbons (Fsp3) is 0.353. The van der Waals surface area contributed by atoms with E-state index in [1.165, 1.54) is 16.9 Å². The molecule has 0 bridgehead atoms. The average Bonchev–Trinajstić information content (AvgIpc) is 2.80. The molecule has 0 aliphatic rings. The van der Waals surface area contributed by atoms with E-state index >= 15 is 0 Å².